The number of hydrogen-bond donors (Lipinski definition) is 1. The SMILES string of the molecule is CC1OC(C(Cc2cnc(Br)s2)NC(=O)OC(C)(C)C)O1. The van der Waals surface area contributed by atoms with Crippen LogP contribution in [-0.4, -0.2) is 35.3 Å². The quantitative estimate of drug-likeness (QED) is 0.871. The molecular weight excluding hydrogens is 360 g/mol. The first-order valence-corrected chi connectivity index (χ1v) is 8.24. The summed E-state index contributed by atoms with van der Waals surface area (Å²) < 4.78 is 17.1. The lowest BCUT2D eigenvalue weighted by Crippen LogP contribution is -2.55. The highest BCUT2D eigenvalue weighted by Crippen LogP contribution is 2.25. The third-order valence-corrected chi connectivity index (χ3v) is 4.13. The van der Waals surface area contributed by atoms with Crippen molar-refractivity contribution in [3.05, 3.63) is 15.0 Å². The molecule has 0 bridgehead atoms. The molecule has 1 saturated heterocycles. The molecule has 0 saturated carbocycles. The molecule has 2 rings (SSSR count). The molecular formula is C13H19BrN2O4S. The van der Waals surface area contributed by atoms with Crippen LogP contribution in [-0.2, 0) is 20.6 Å². The van der Waals surface area contributed by atoms with E-state index in [1.54, 1.807) is 6.20 Å². The minimum Gasteiger partial charge on any atom is -0.444 e. The van der Waals surface area contributed by atoms with Gasteiger partial charge in [0.15, 0.2) is 16.5 Å². The van der Waals surface area contributed by atoms with Crippen molar-refractivity contribution < 1.29 is 19.0 Å². The number of halogens is 1. The molecule has 6 nitrogen and oxygen atoms in total. The molecule has 21 heavy (non-hydrogen) atoms. The second-order valence-corrected chi connectivity index (χ2v) is 8.14. The number of amides is 1. The van der Waals surface area contributed by atoms with E-state index in [2.05, 4.69) is 26.2 Å². The zero-order valence-electron chi connectivity index (χ0n) is 12.4. The number of nitrogens with one attached hydrogen (secondary N) is 1. The molecule has 1 amide bonds. The molecule has 0 aliphatic carbocycles. The average molecular weight is 379 g/mol. The molecule has 0 spiro atoms. The largest absolute Gasteiger partial charge is 0.444 e. The second kappa shape index (κ2) is 6.60. The molecule has 8 heteroatoms. The van der Waals surface area contributed by atoms with E-state index >= 15 is 0 Å². The normalized spacial score (nSPS) is 23.3. The van der Waals surface area contributed by atoms with Gasteiger partial charge in [0, 0.05) is 17.5 Å². The Morgan fingerprint density at radius 1 is 1.57 bits per heavy atom. The van der Waals surface area contributed by atoms with Crippen molar-refractivity contribution in [2.75, 3.05) is 0 Å². The van der Waals surface area contributed by atoms with Crippen LogP contribution in [0.3, 0.4) is 0 Å². The number of carbonyl (C=O) groups excluding carboxylic acids is 1. The van der Waals surface area contributed by atoms with E-state index in [1.165, 1.54) is 11.3 Å². The fourth-order valence-electron chi connectivity index (χ4n) is 1.85. The smallest absolute Gasteiger partial charge is 0.408 e. The van der Waals surface area contributed by atoms with E-state index in [9.17, 15) is 4.79 Å². The van der Waals surface area contributed by atoms with Gasteiger partial charge in [-0.2, -0.15) is 0 Å². The maximum absolute atomic E-state index is 11.9. The molecule has 1 N–H and O–H groups in total. The predicted molar refractivity (Wildman–Crippen MR) is 82.1 cm³/mol. The van der Waals surface area contributed by atoms with Gasteiger partial charge in [-0.25, -0.2) is 9.78 Å². The maximum atomic E-state index is 11.9. The Kier molecular flexibility index (Phi) is 5.24. The number of hydrogen-bond acceptors (Lipinski definition) is 6. The number of thiazole rings is 1. The highest BCUT2D eigenvalue weighted by molar-refractivity contribution is 9.11. The van der Waals surface area contributed by atoms with Gasteiger partial charge >= 0.3 is 6.09 Å². The van der Waals surface area contributed by atoms with E-state index in [4.69, 9.17) is 14.2 Å². The van der Waals surface area contributed by atoms with E-state index in [0.29, 0.717) is 6.42 Å². The molecule has 118 valence electrons. The zero-order chi connectivity index (χ0) is 15.6. The third-order valence-electron chi connectivity index (χ3n) is 2.63. The van der Waals surface area contributed by atoms with Crippen molar-refractivity contribution in [1.29, 1.82) is 0 Å². The number of alkyl carbamates (subject to hydrolysis) is 1. The Hall–Kier alpha value is -0.700. The lowest BCUT2D eigenvalue weighted by Gasteiger charge is -2.39. The van der Waals surface area contributed by atoms with Crippen molar-refractivity contribution >= 4 is 33.4 Å². The van der Waals surface area contributed by atoms with Crippen LogP contribution in [0.15, 0.2) is 10.1 Å². The first-order valence-electron chi connectivity index (χ1n) is 6.63. The first kappa shape index (κ1) is 16.7. The highest BCUT2D eigenvalue weighted by atomic mass is 79.9. The van der Waals surface area contributed by atoms with Gasteiger partial charge in [-0.15, -0.1) is 11.3 Å². The van der Waals surface area contributed by atoms with Crippen molar-refractivity contribution in [2.24, 2.45) is 0 Å². The van der Waals surface area contributed by atoms with Gasteiger partial charge in [0.05, 0.1) is 6.04 Å². The van der Waals surface area contributed by atoms with Gasteiger partial charge in [-0.1, -0.05) is 0 Å². The predicted octanol–water partition coefficient (Wildman–Crippen LogP) is 3.06. The Bertz CT molecular complexity index is 497. The summed E-state index contributed by atoms with van der Waals surface area (Å²) in [6, 6.07) is -0.316. The minimum atomic E-state index is -0.545. The number of aromatic nitrogens is 1. The molecule has 1 aliphatic heterocycles. The second-order valence-electron chi connectivity index (χ2n) is 5.74. The average Bonchev–Trinajstić information content (AvgIpc) is 2.67. The van der Waals surface area contributed by atoms with Crippen molar-refractivity contribution in [3.63, 3.8) is 0 Å². The van der Waals surface area contributed by atoms with Gasteiger partial charge in [-0.05, 0) is 43.6 Å². The third kappa shape index (κ3) is 5.21. The molecule has 2 heterocycles. The summed E-state index contributed by atoms with van der Waals surface area (Å²) in [6.45, 7) is 7.27. The number of carbonyl (C=O) groups is 1. The van der Waals surface area contributed by atoms with Crippen LogP contribution in [0.4, 0.5) is 4.79 Å². The molecule has 1 unspecified atom stereocenters. The number of rotatable bonds is 4. The van der Waals surface area contributed by atoms with Gasteiger partial charge in [0.25, 0.3) is 0 Å². The van der Waals surface area contributed by atoms with Crippen molar-refractivity contribution in [2.45, 2.75) is 58.3 Å². The van der Waals surface area contributed by atoms with Gasteiger partial charge < -0.3 is 19.5 Å². The number of ether oxygens (including phenoxy) is 3. The molecule has 1 aromatic heterocycles. The Morgan fingerprint density at radius 3 is 2.71 bits per heavy atom. The van der Waals surface area contributed by atoms with Gasteiger partial charge in [-0.3, -0.25) is 0 Å². The van der Waals surface area contributed by atoms with Crippen LogP contribution < -0.4 is 5.32 Å². The van der Waals surface area contributed by atoms with E-state index < -0.39 is 18.0 Å². The van der Waals surface area contributed by atoms with E-state index in [-0.39, 0.29) is 12.3 Å². The fourth-order valence-corrected chi connectivity index (χ4v) is 3.26. The summed E-state index contributed by atoms with van der Waals surface area (Å²) in [6.07, 6.45) is 1.14. The molecule has 1 aromatic rings. The van der Waals surface area contributed by atoms with Crippen LogP contribution in [0.25, 0.3) is 0 Å². The maximum Gasteiger partial charge on any atom is 0.408 e. The van der Waals surface area contributed by atoms with Crippen molar-refractivity contribution in [3.8, 4) is 0 Å². The monoisotopic (exact) mass is 378 g/mol. The Balaban J connectivity index is 1.97. The summed E-state index contributed by atoms with van der Waals surface area (Å²) in [5.41, 5.74) is -0.545. The summed E-state index contributed by atoms with van der Waals surface area (Å²) in [5, 5.41) is 2.81. The van der Waals surface area contributed by atoms with Crippen LogP contribution in [0.5, 0.6) is 0 Å². The molecule has 1 fully saturated rings. The fraction of sp³-hybridized carbons (Fsp3) is 0.692. The lowest BCUT2D eigenvalue weighted by molar-refractivity contribution is -0.383. The number of nitrogens with zero attached hydrogens (tertiary/aromatic N) is 1. The highest BCUT2D eigenvalue weighted by Gasteiger charge is 2.36. The molecule has 1 atom stereocenters. The van der Waals surface area contributed by atoms with Gasteiger partial charge in [0.1, 0.15) is 5.60 Å². The summed E-state index contributed by atoms with van der Waals surface area (Å²) in [4.78, 5) is 17.1. The van der Waals surface area contributed by atoms with E-state index in [1.807, 2.05) is 27.7 Å². The first-order chi connectivity index (χ1) is 9.73. The molecule has 0 aromatic carbocycles. The Morgan fingerprint density at radius 2 is 2.24 bits per heavy atom. The van der Waals surface area contributed by atoms with Crippen LogP contribution in [0.2, 0.25) is 0 Å². The zero-order valence-corrected chi connectivity index (χ0v) is 14.8. The van der Waals surface area contributed by atoms with Crippen LogP contribution in [0.1, 0.15) is 32.6 Å². The van der Waals surface area contributed by atoms with Crippen molar-refractivity contribution in [1.82, 2.24) is 10.3 Å². The summed E-state index contributed by atoms with van der Waals surface area (Å²) >= 11 is 4.83. The Labute approximate surface area is 136 Å². The minimum absolute atomic E-state index is 0.244. The van der Waals surface area contributed by atoms with E-state index in [0.717, 1.165) is 8.79 Å². The lowest BCUT2D eigenvalue weighted by atomic mass is 10.1. The topological polar surface area (TPSA) is 69.7 Å². The molecule has 1 aliphatic rings. The standard InChI is InChI=1S/C13H19BrN2O4S/c1-7-18-10(19-7)9(5-8-6-15-11(14)21-8)16-12(17)20-13(2,3)4/h6-7,9-10H,5H2,1-4H3,(H,16,17). The van der Waals surface area contributed by atoms with Gasteiger partial charge in [0.2, 0.25) is 0 Å². The van der Waals surface area contributed by atoms with Crippen LogP contribution in [0, 0.1) is 0 Å². The summed E-state index contributed by atoms with van der Waals surface area (Å²) in [5.74, 6) is 0. The molecule has 0 radical (unpaired) electrons. The summed E-state index contributed by atoms with van der Waals surface area (Å²) in [7, 11) is 0. The van der Waals surface area contributed by atoms with Crippen LogP contribution >= 0.6 is 27.3 Å².